The summed E-state index contributed by atoms with van der Waals surface area (Å²) in [6, 6.07) is 53.6. The highest BCUT2D eigenvalue weighted by Gasteiger charge is 2.46. The second-order valence-corrected chi connectivity index (χ2v) is 11.9. The van der Waals surface area contributed by atoms with Gasteiger partial charge in [0, 0.05) is 32.6 Å². The van der Waals surface area contributed by atoms with Gasteiger partial charge in [-0.2, -0.15) is 0 Å². The molecule has 8 aromatic rings. The fraction of sp³-hybridized carbons (Fsp3) is 0.0256. The average molecular weight is 540 g/mol. The van der Waals surface area contributed by atoms with Gasteiger partial charge in [-0.25, -0.2) is 0 Å². The molecule has 0 atom stereocenters. The predicted octanol–water partition coefficient (Wildman–Crippen LogP) is 10.4. The van der Waals surface area contributed by atoms with Crippen molar-refractivity contribution in [1.29, 1.82) is 0 Å². The molecule has 0 aliphatic heterocycles. The van der Waals surface area contributed by atoms with E-state index >= 15 is 0 Å². The number of hydrogen-bond donors (Lipinski definition) is 0. The summed E-state index contributed by atoms with van der Waals surface area (Å²) in [5, 5.41) is 3.91. The number of thiophene rings is 1. The van der Waals surface area contributed by atoms with E-state index in [0.29, 0.717) is 0 Å². The van der Waals surface area contributed by atoms with Crippen molar-refractivity contribution < 1.29 is 0 Å². The predicted molar refractivity (Wildman–Crippen MR) is 173 cm³/mol. The fourth-order valence-electron chi connectivity index (χ4n) is 7.28. The first kappa shape index (κ1) is 22.9. The first-order valence-corrected chi connectivity index (χ1v) is 14.9. The summed E-state index contributed by atoms with van der Waals surface area (Å²) in [5.41, 5.74) is 10.0. The van der Waals surface area contributed by atoms with Crippen molar-refractivity contribution in [2.75, 3.05) is 0 Å². The molecule has 0 amide bonds. The van der Waals surface area contributed by atoms with Gasteiger partial charge in [0.2, 0.25) is 0 Å². The summed E-state index contributed by atoms with van der Waals surface area (Å²) in [6.07, 6.45) is 2.26. The van der Waals surface area contributed by atoms with E-state index in [1.807, 2.05) is 11.3 Å². The number of aromatic nitrogens is 1. The molecule has 192 valence electrons. The minimum Gasteiger partial charge on any atom is -0.314 e. The molecule has 0 saturated heterocycles. The Labute approximate surface area is 242 Å². The fourth-order valence-corrected chi connectivity index (χ4v) is 8.49. The topological polar surface area (TPSA) is 4.93 Å². The number of rotatable bonds is 3. The van der Waals surface area contributed by atoms with Gasteiger partial charge in [0.1, 0.15) is 0 Å². The van der Waals surface area contributed by atoms with Crippen LogP contribution in [0.4, 0.5) is 0 Å². The van der Waals surface area contributed by atoms with Gasteiger partial charge in [0.25, 0.3) is 0 Å². The van der Waals surface area contributed by atoms with Crippen molar-refractivity contribution in [2.45, 2.75) is 5.41 Å². The monoisotopic (exact) mass is 539 g/mol. The highest BCUT2D eigenvalue weighted by atomic mass is 32.1. The van der Waals surface area contributed by atoms with Crippen LogP contribution in [0.15, 0.2) is 152 Å². The largest absolute Gasteiger partial charge is 0.314 e. The summed E-state index contributed by atoms with van der Waals surface area (Å²) in [4.78, 5) is 0. The molecular weight excluding hydrogens is 515 g/mol. The molecule has 6 aromatic carbocycles. The molecule has 0 N–H and O–H groups in total. The van der Waals surface area contributed by atoms with Gasteiger partial charge in [-0.1, -0.05) is 127 Å². The Hall–Kier alpha value is -4.92. The summed E-state index contributed by atoms with van der Waals surface area (Å²) in [6.45, 7) is 0. The molecule has 0 spiro atoms. The summed E-state index contributed by atoms with van der Waals surface area (Å²) < 4.78 is 5.09. The van der Waals surface area contributed by atoms with Crippen LogP contribution >= 0.6 is 11.3 Å². The van der Waals surface area contributed by atoms with E-state index in [2.05, 4.69) is 156 Å². The second kappa shape index (κ2) is 8.54. The van der Waals surface area contributed by atoms with Crippen LogP contribution in [0, 0.1) is 0 Å². The molecule has 0 bridgehead atoms. The maximum Gasteiger partial charge on any atom is 0.0714 e. The van der Waals surface area contributed by atoms with Crippen LogP contribution in [0.5, 0.6) is 0 Å². The highest BCUT2D eigenvalue weighted by molar-refractivity contribution is 7.26. The third-order valence-electron chi connectivity index (χ3n) is 8.91. The maximum atomic E-state index is 2.44. The van der Waals surface area contributed by atoms with E-state index in [1.165, 1.54) is 70.1 Å². The Bertz CT molecular complexity index is 2210. The lowest BCUT2D eigenvalue weighted by molar-refractivity contribution is 0.769. The zero-order valence-electron chi connectivity index (χ0n) is 22.3. The molecular formula is C39H25NS. The molecule has 1 aliphatic carbocycles. The average Bonchev–Trinajstić information content (AvgIpc) is 3.72. The van der Waals surface area contributed by atoms with Crippen LogP contribution in [0.25, 0.3) is 47.9 Å². The van der Waals surface area contributed by atoms with Crippen molar-refractivity contribution in [2.24, 2.45) is 0 Å². The van der Waals surface area contributed by atoms with Gasteiger partial charge >= 0.3 is 0 Å². The zero-order valence-corrected chi connectivity index (χ0v) is 23.1. The highest BCUT2D eigenvalue weighted by Crippen LogP contribution is 2.58. The molecule has 2 aromatic heterocycles. The number of fused-ring (bicyclic) bond motifs is 8. The van der Waals surface area contributed by atoms with Crippen molar-refractivity contribution in [1.82, 2.24) is 4.57 Å². The van der Waals surface area contributed by atoms with E-state index in [0.717, 1.165) is 0 Å². The van der Waals surface area contributed by atoms with E-state index in [4.69, 9.17) is 0 Å². The third-order valence-corrected chi connectivity index (χ3v) is 10.1. The Morgan fingerprint density at radius 3 is 2.00 bits per heavy atom. The van der Waals surface area contributed by atoms with Gasteiger partial charge < -0.3 is 4.57 Å². The van der Waals surface area contributed by atoms with Crippen molar-refractivity contribution in [3.8, 4) is 16.8 Å². The van der Waals surface area contributed by atoms with Crippen molar-refractivity contribution in [3.63, 3.8) is 0 Å². The molecule has 0 fully saturated rings. The van der Waals surface area contributed by atoms with E-state index in [1.54, 1.807) is 0 Å². The van der Waals surface area contributed by atoms with E-state index in [-0.39, 0.29) is 0 Å². The van der Waals surface area contributed by atoms with Crippen LogP contribution in [0.3, 0.4) is 0 Å². The van der Waals surface area contributed by atoms with Gasteiger partial charge in [-0.3, -0.25) is 0 Å². The van der Waals surface area contributed by atoms with Gasteiger partial charge in [-0.05, 0) is 46.0 Å². The van der Waals surface area contributed by atoms with Crippen LogP contribution < -0.4 is 0 Å². The lowest BCUT2D eigenvalue weighted by atomic mass is 9.67. The summed E-state index contributed by atoms with van der Waals surface area (Å²) in [7, 11) is 0. The van der Waals surface area contributed by atoms with Gasteiger partial charge in [0.15, 0.2) is 0 Å². The number of nitrogens with zero attached hydrogens (tertiary/aromatic N) is 1. The quantitative estimate of drug-likeness (QED) is 0.210. The summed E-state index contributed by atoms with van der Waals surface area (Å²) in [5.74, 6) is 0. The molecule has 1 nitrogen and oxygen atoms in total. The minimum atomic E-state index is -0.401. The second-order valence-electron chi connectivity index (χ2n) is 10.9. The smallest absolute Gasteiger partial charge is 0.0714 e. The van der Waals surface area contributed by atoms with Crippen molar-refractivity contribution >= 4 is 42.4 Å². The third kappa shape index (κ3) is 3.00. The molecule has 9 rings (SSSR count). The SMILES string of the molecule is c1ccc(C2(c3ccccc3)c3ccccc3-c3c2ccc2ccn(-c4cccc5c4sc4ccccc45)c32)cc1. The van der Waals surface area contributed by atoms with Crippen LogP contribution in [0.1, 0.15) is 22.3 Å². The lowest BCUT2D eigenvalue weighted by Crippen LogP contribution is -2.28. The van der Waals surface area contributed by atoms with E-state index in [9.17, 15) is 0 Å². The maximum absolute atomic E-state index is 2.44. The van der Waals surface area contributed by atoms with Gasteiger partial charge in [0.05, 0.1) is 21.3 Å². The van der Waals surface area contributed by atoms with Crippen molar-refractivity contribution in [3.05, 3.63) is 174 Å². The number of hydrogen-bond acceptors (Lipinski definition) is 1. The molecule has 41 heavy (non-hydrogen) atoms. The molecule has 0 radical (unpaired) electrons. The first-order chi connectivity index (χ1) is 20.4. The zero-order chi connectivity index (χ0) is 27.0. The molecule has 0 unspecified atom stereocenters. The van der Waals surface area contributed by atoms with Crippen LogP contribution in [-0.2, 0) is 5.41 Å². The lowest BCUT2D eigenvalue weighted by Gasteiger charge is -2.33. The molecule has 2 heterocycles. The Morgan fingerprint density at radius 1 is 0.512 bits per heavy atom. The Kier molecular flexibility index (Phi) is 4.76. The van der Waals surface area contributed by atoms with Crippen LogP contribution in [-0.4, -0.2) is 4.57 Å². The summed E-state index contributed by atoms with van der Waals surface area (Å²) >= 11 is 1.89. The standard InChI is InChI=1S/C39H25NS/c1-3-12-27(13-4-1)39(28-14-5-2-6-15-28)32-19-9-7-17-31(32)36-33(39)23-22-26-24-25-40(37(26)36)34-20-11-18-30-29-16-8-10-21-35(29)41-38(30)34/h1-25H. The Morgan fingerprint density at radius 2 is 1.20 bits per heavy atom. The minimum absolute atomic E-state index is 0.401. The normalized spacial score (nSPS) is 13.6. The van der Waals surface area contributed by atoms with Crippen LogP contribution in [0.2, 0.25) is 0 Å². The van der Waals surface area contributed by atoms with E-state index < -0.39 is 5.41 Å². The first-order valence-electron chi connectivity index (χ1n) is 14.1. The molecule has 1 aliphatic rings. The Balaban J connectivity index is 1.43. The number of benzene rings is 6. The van der Waals surface area contributed by atoms with Gasteiger partial charge in [-0.15, -0.1) is 11.3 Å². The molecule has 2 heteroatoms. The molecule has 0 saturated carbocycles.